The van der Waals surface area contributed by atoms with Crippen LogP contribution in [-0.4, -0.2) is 36.6 Å². The zero-order valence-electron chi connectivity index (χ0n) is 10.6. The van der Waals surface area contributed by atoms with Crippen molar-refractivity contribution in [2.45, 2.75) is 57.5 Å². The molecule has 1 atom stereocenters. The molecule has 88 valence electrons. The van der Waals surface area contributed by atoms with Gasteiger partial charge in [-0.25, -0.2) is 0 Å². The van der Waals surface area contributed by atoms with Crippen LogP contribution in [0.1, 0.15) is 46.0 Å². The molecule has 0 amide bonds. The van der Waals surface area contributed by atoms with Crippen molar-refractivity contribution < 1.29 is 0 Å². The molecule has 1 saturated heterocycles. The molecule has 0 spiro atoms. The molecule has 0 radical (unpaired) electrons. The van der Waals surface area contributed by atoms with Crippen LogP contribution in [0.4, 0.5) is 0 Å². The number of hydrogen-bond acceptors (Lipinski definition) is 2. The van der Waals surface area contributed by atoms with E-state index in [0.29, 0.717) is 11.6 Å². The molecule has 2 rings (SSSR count). The zero-order valence-corrected chi connectivity index (χ0v) is 10.6. The number of likely N-dealkylation sites (N-methyl/N-ethyl adjacent to an activating group) is 1. The van der Waals surface area contributed by atoms with Crippen molar-refractivity contribution in [2.24, 2.45) is 5.92 Å². The normalized spacial score (nSPS) is 26.6. The summed E-state index contributed by atoms with van der Waals surface area (Å²) in [4.78, 5) is 2.69. The van der Waals surface area contributed by atoms with Crippen molar-refractivity contribution in [3.05, 3.63) is 0 Å². The molecule has 2 nitrogen and oxygen atoms in total. The van der Waals surface area contributed by atoms with Gasteiger partial charge in [-0.1, -0.05) is 6.42 Å². The van der Waals surface area contributed by atoms with Gasteiger partial charge in [0.25, 0.3) is 0 Å². The van der Waals surface area contributed by atoms with Crippen LogP contribution < -0.4 is 5.32 Å². The Bertz CT molecular complexity index is 203. The maximum Gasteiger partial charge on any atom is 0.0308 e. The van der Waals surface area contributed by atoms with Crippen molar-refractivity contribution in [1.29, 1.82) is 0 Å². The molecule has 0 bridgehead atoms. The first-order valence-electron chi connectivity index (χ1n) is 6.58. The van der Waals surface area contributed by atoms with E-state index in [0.717, 1.165) is 5.92 Å². The largest absolute Gasteiger partial charge is 0.315 e. The van der Waals surface area contributed by atoms with Gasteiger partial charge in [-0.05, 0) is 65.6 Å². The summed E-state index contributed by atoms with van der Waals surface area (Å²) < 4.78 is 0. The van der Waals surface area contributed by atoms with Crippen molar-refractivity contribution in [2.75, 3.05) is 20.1 Å². The number of nitrogens with one attached hydrogen (secondary N) is 1. The second-order valence-corrected chi connectivity index (χ2v) is 5.81. The lowest BCUT2D eigenvalue weighted by Gasteiger charge is -2.48. The summed E-state index contributed by atoms with van der Waals surface area (Å²) >= 11 is 0. The van der Waals surface area contributed by atoms with Crippen LogP contribution >= 0.6 is 0 Å². The molecule has 2 heteroatoms. The van der Waals surface area contributed by atoms with E-state index < -0.39 is 0 Å². The number of likely N-dealkylation sites (tertiary alicyclic amines) is 1. The Morgan fingerprint density at radius 1 is 1.13 bits per heavy atom. The zero-order chi connectivity index (χ0) is 10.9. The van der Waals surface area contributed by atoms with Gasteiger partial charge in [0.05, 0.1) is 0 Å². The highest BCUT2D eigenvalue weighted by Gasteiger charge is 2.41. The average Bonchev–Trinajstić information content (AvgIpc) is 2.63. The predicted octanol–water partition coefficient (Wildman–Crippen LogP) is 2.25. The lowest BCUT2D eigenvalue weighted by atomic mass is 9.72. The summed E-state index contributed by atoms with van der Waals surface area (Å²) in [5.41, 5.74) is 0.344. The second kappa shape index (κ2) is 4.42. The first-order chi connectivity index (χ1) is 7.16. The van der Waals surface area contributed by atoms with E-state index in [4.69, 9.17) is 0 Å². The minimum absolute atomic E-state index is 0.344. The molecular formula is C13H26N2. The molecule has 1 heterocycles. The fourth-order valence-corrected chi connectivity index (χ4v) is 3.43. The molecule has 1 aliphatic heterocycles. The van der Waals surface area contributed by atoms with Gasteiger partial charge in [0.15, 0.2) is 0 Å². The van der Waals surface area contributed by atoms with Crippen molar-refractivity contribution >= 4 is 0 Å². The first-order valence-corrected chi connectivity index (χ1v) is 6.58. The van der Waals surface area contributed by atoms with Crippen LogP contribution in [0.5, 0.6) is 0 Å². The number of rotatable bonds is 4. The average molecular weight is 210 g/mol. The standard InChI is InChI=1S/C13H26N2/c1-13(2,15-9-4-5-10-15)12(14-3)11-7-6-8-11/h11-12,14H,4-10H2,1-3H3. The molecule has 1 aliphatic carbocycles. The highest BCUT2D eigenvalue weighted by atomic mass is 15.2. The van der Waals surface area contributed by atoms with Gasteiger partial charge < -0.3 is 5.32 Å². The molecule has 0 aromatic rings. The Hall–Kier alpha value is -0.0800. The maximum absolute atomic E-state index is 3.58. The Labute approximate surface area is 94.4 Å². The lowest BCUT2D eigenvalue weighted by molar-refractivity contribution is 0.0566. The van der Waals surface area contributed by atoms with Crippen LogP contribution in [-0.2, 0) is 0 Å². The Kier molecular flexibility index (Phi) is 3.36. The molecule has 0 aromatic carbocycles. The van der Waals surface area contributed by atoms with E-state index in [9.17, 15) is 0 Å². The molecule has 2 fully saturated rings. The van der Waals surface area contributed by atoms with Crippen LogP contribution in [0.25, 0.3) is 0 Å². The molecule has 2 aliphatic rings. The summed E-state index contributed by atoms with van der Waals surface area (Å²) in [6, 6.07) is 0.685. The van der Waals surface area contributed by atoms with Gasteiger partial charge >= 0.3 is 0 Å². The Morgan fingerprint density at radius 3 is 2.13 bits per heavy atom. The highest BCUT2D eigenvalue weighted by molar-refractivity contribution is 4.99. The summed E-state index contributed by atoms with van der Waals surface area (Å²) in [6.45, 7) is 7.46. The third-order valence-corrected chi connectivity index (χ3v) is 4.61. The predicted molar refractivity (Wildman–Crippen MR) is 65.1 cm³/mol. The van der Waals surface area contributed by atoms with Crippen molar-refractivity contribution in [3.8, 4) is 0 Å². The van der Waals surface area contributed by atoms with Crippen LogP contribution in [0.2, 0.25) is 0 Å². The van der Waals surface area contributed by atoms with Gasteiger partial charge in [0.1, 0.15) is 0 Å². The minimum Gasteiger partial charge on any atom is -0.315 e. The van der Waals surface area contributed by atoms with Gasteiger partial charge in [-0.2, -0.15) is 0 Å². The molecular weight excluding hydrogens is 184 g/mol. The lowest BCUT2D eigenvalue weighted by Crippen LogP contribution is -2.60. The first kappa shape index (κ1) is 11.4. The summed E-state index contributed by atoms with van der Waals surface area (Å²) in [5.74, 6) is 0.922. The smallest absolute Gasteiger partial charge is 0.0308 e. The van der Waals surface area contributed by atoms with Crippen LogP contribution in [0.15, 0.2) is 0 Å². The summed E-state index contributed by atoms with van der Waals surface area (Å²) in [6.07, 6.45) is 7.10. The fourth-order valence-electron chi connectivity index (χ4n) is 3.43. The van der Waals surface area contributed by atoms with Crippen molar-refractivity contribution in [3.63, 3.8) is 0 Å². The third kappa shape index (κ3) is 2.07. The van der Waals surface area contributed by atoms with E-state index in [1.165, 1.54) is 45.2 Å². The Morgan fingerprint density at radius 2 is 1.73 bits per heavy atom. The monoisotopic (exact) mass is 210 g/mol. The maximum atomic E-state index is 3.58. The van der Waals surface area contributed by atoms with Gasteiger partial charge in [-0.3, -0.25) is 4.90 Å². The van der Waals surface area contributed by atoms with Gasteiger partial charge in [0.2, 0.25) is 0 Å². The topological polar surface area (TPSA) is 15.3 Å². The second-order valence-electron chi connectivity index (χ2n) is 5.81. The van der Waals surface area contributed by atoms with Crippen LogP contribution in [0.3, 0.4) is 0 Å². The van der Waals surface area contributed by atoms with Gasteiger partial charge in [-0.15, -0.1) is 0 Å². The van der Waals surface area contributed by atoms with E-state index in [-0.39, 0.29) is 0 Å². The quantitative estimate of drug-likeness (QED) is 0.765. The molecule has 1 unspecified atom stereocenters. The molecule has 1 saturated carbocycles. The summed E-state index contributed by atoms with van der Waals surface area (Å²) in [5, 5.41) is 3.58. The molecule has 1 N–H and O–H groups in total. The van der Waals surface area contributed by atoms with Crippen LogP contribution in [0, 0.1) is 5.92 Å². The SMILES string of the molecule is CNC(C1CCC1)C(C)(C)N1CCCC1. The molecule has 0 aromatic heterocycles. The third-order valence-electron chi connectivity index (χ3n) is 4.61. The summed E-state index contributed by atoms with van der Waals surface area (Å²) in [7, 11) is 2.14. The van der Waals surface area contributed by atoms with Gasteiger partial charge in [0, 0.05) is 11.6 Å². The Balaban J connectivity index is 2.02. The highest BCUT2D eigenvalue weighted by Crippen LogP contribution is 2.37. The minimum atomic E-state index is 0.344. The number of nitrogens with zero attached hydrogens (tertiary/aromatic N) is 1. The van der Waals surface area contributed by atoms with E-state index in [1.54, 1.807) is 0 Å². The number of hydrogen-bond donors (Lipinski definition) is 1. The van der Waals surface area contributed by atoms with E-state index in [1.807, 2.05) is 0 Å². The van der Waals surface area contributed by atoms with E-state index in [2.05, 4.69) is 31.1 Å². The fraction of sp³-hybridized carbons (Fsp3) is 1.00. The molecule has 15 heavy (non-hydrogen) atoms. The van der Waals surface area contributed by atoms with E-state index >= 15 is 0 Å². The van der Waals surface area contributed by atoms with Crippen molar-refractivity contribution in [1.82, 2.24) is 10.2 Å².